The third kappa shape index (κ3) is 4.36. The molecule has 1 unspecified atom stereocenters. The standard InChI is InChI=1S/C14H23NO2/c1-11-6-7-13(12(2)15-3)14(10-11)17-9-5-4-8-16/h6-7,10,12,15-16H,4-5,8-9H2,1-3H3. The molecule has 1 rings (SSSR count). The zero-order chi connectivity index (χ0) is 12.7. The Hall–Kier alpha value is -1.06. The quantitative estimate of drug-likeness (QED) is 0.716. The van der Waals surface area contributed by atoms with Gasteiger partial charge in [-0.05, 0) is 45.4 Å². The van der Waals surface area contributed by atoms with Gasteiger partial charge in [0.25, 0.3) is 0 Å². The molecular weight excluding hydrogens is 214 g/mol. The zero-order valence-electron chi connectivity index (χ0n) is 11.0. The van der Waals surface area contributed by atoms with Crippen molar-refractivity contribution in [3.63, 3.8) is 0 Å². The number of hydrogen-bond donors (Lipinski definition) is 2. The molecule has 0 aliphatic heterocycles. The minimum absolute atomic E-state index is 0.233. The Balaban J connectivity index is 2.69. The van der Waals surface area contributed by atoms with Crippen molar-refractivity contribution in [2.24, 2.45) is 0 Å². The molecular formula is C14H23NO2. The lowest BCUT2D eigenvalue weighted by Crippen LogP contribution is -2.14. The maximum atomic E-state index is 8.72. The molecule has 0 aliphatic rings. The second-order valence-electron chi connectivity index (χ2n) is 4.33. The van der Waals surface area contributed by atoms with Gasteiger partial charge < -0.3 is 15.2 Å². The van der Waals surface area contributed by atoms with Gasteiger partial charge in [0.05, 0.1) is 6.61 Å². The number of rotatable bonds is 7. The summed E-state index contributed by atoms with van der Waals surface area (Å²) in [4.78, 5) is 0. The highest BCUT2D eigenvalue weighted by Gasteiger charge is 2.09. The second-order valence-corrected chi connectivity index (χ2v) is 4.33. The van der Waals surface area contributed by atoms with E-state index >= 15 is 0 Å². The van der Waals surface area contributed by atoms with Crippen molar-refractivity contribution >= 4 is 0 Å². The average Bonchev–Trinajstić information content (AvgIpc) is 2.34. The van der Waals surface area contributed by atoms with Gasteiger partial charge in [-0.15, -0.1) is 0 Å². The molecule has 0 amide bonds. The number of aryl methyl sites for hydroxylation is 1. The van der Waals surface area contributed by atoms with Gasteiger partial charge in [0.1, 0.15) is 5.75 Å². The largest absolute Gasteiger partial charge is 0.493 e. The van der Waals surface area contributed by atoms with Crippen LogP contribution in [0.25, 0.3) is 0 Å². The maximum Gasteiger partial charge on any atom is 0.124 e. The molecule has 1 atom stereocenters. The van der Waals surface area contributed by atoms with Crippen LogP contribution in [-0.4, -0.2) is 25.4 Å². The number of benzene rings is 1. The van der Waals surface area contributed by atoms with E-state index in [1.54, 1.807) is 0 Å². The van der Waals surface area contributed by atoms with Crippen LogP contribution in [0.15, 0.2) is 18.2 Å². The van der Waals surface area contributed by atoms with Gasteiger partial charge in [-0.2, -0.15) is 0 Å². The number of unbranched alkanes of at least 4 members (excludes halogenated alkanes) is 1. The zero-order valence-corrected chi connectivity index (χ0v) is 11.0. The van der Waals surface area contributed by atoms with Gasteiger partial charge in [-0.1, -0.05) is 12.1 Å². The fourth-order valence-corrected chi connectivity index (χ4v) is 1.68. The molecule has 0 radical (unpaired) electrons. The fraction of sp³-hybridized carbons (Fsp3) is 0.571. The number of hydrogen-bond acceptors (Lipinski definition) is 3. The summed E-state index contributed by atoms with van der Waals surface area (Å²) >= 11 is 0. The highest BCUT2D eigenvalue weighted by molar-refractivity contribution is 5.39. The van der Waals surface area contributed by atoms with Crippen molar-refractivity contribution in [1.82, 2.24) is 5.32 Å². The van der Waals surface area contributed by atoms with Gasteiger partial charge in [0, 0.05) is 18.2 Å². The summed E-state index contributed by atoms with van der Waals surface area (Å²) in [5.41, 5.74) is 2.39. The Kier molecular flexibility index (Phi) is 6.01. The van der Waals surface area contributed by atoms with Crippen LogP contribution in [0.4, 0.5) is 0 Å². The van der Waals surface area contributed by atoms with E-state index in [0.717, 1.165) is 18.6 Å². The van der Waals surface area contributed by atoms with Crippen molar-refractivity contribution < 1.29 is 9.84 Å². The van der Waals surface area contributed by atoms with Crippen molar-refractivity contribution in [3.05, 3.63) is 29.3 Å². The van der Waals surface area contributed by atoms with Gasteiger partial charge in [-0.3, -0.25) is 0 Å². The van der Waals surface area contributed by atoms with E-state index in [9.17, 15) is 0 Å². The molecule has 0 bridgehead atoms. The van der Waals surface area contributed by atoms with E-state index in [-0.39, 0.29) is 12.6 Å². The summed E-state index contributed by atoms with van der Waals surface area (Å²) in [5.74, 6) is 0.949. The van der Waals surface area contributed by atoms with Gasteiger partial charge in [0.2, 0.25) is 0 Å². The molecule has 0 saturated carbocycles. The van der Waals surface area contributed by atoms with Gasteiger partial charge in [-0.25, -0.2) is 0 Å². The normalized spacial score (nSPS) is 12.5. The van der Waals surface area contributed by atoms with Gasteiger partial charge in [0.15, 0.2) is 0 Å². The first-order valence-electron chi connectivity index (χ1n) is 6.20. The summed E-state index contributed by atoms with van der Waals surface area (Å²) in [6, 6.07) is 6.56. The molecule has 2 N–H and O–H groups in total. The second kappa shape index (κ2) is 7.30. The minimum Gasteiger partial charge on any atom is -0.493 e. The highest BCUT2D eigenvalue weighted by atomic mass is 16.5. The summed E-state index contributed by atoms with van der Waals surface area (Å²) < 4.78 is 5.79. The number of nitrogens with one attached hydrogen (secondary N) is 1. The molecule has 0 aromatic heterocycles. The van der Waals surface area contributed by atoms with Crippen LogP contribution in [0.1, 0.15) is 36.9 Å². The minimum atomic E-state index is 0.233. The van der Waals surface area contributed by atoms with Crippen LogP contribution in [0.2, 0.25) is 0 Å². The molecule has 0 fully saturated rings. The monoisotopic (exact) mass is 237 g/mol. The third-order valence-electron chi connectivity index (χ3n) is 2.88. The molecule has 0 heterocycles. The van der Waals surface area contributed by atoms with E-state index < -0.39 is 0 Å². The SMILES string of the molecule is CNC(C)c1ccc(C)cc1OCCCCO. The Morgan fingerprint density at radius 3 is 2.76 bits per heavy atom. The molecule has 1 aromatic carbocycles. The lowest BCUT2D eigenvalue weighted by Gasteiger charge is -2.17. The number of aliphatic hydroxyl groups excluding tert-OH is 1. The molecule has 0 spiro atoms. The van der Waals surface area contributed by atoms with Crippen LogP contribution in [-0.2, 0) is 0 Å². The van der Waals surface area contributed by atoms with Crippen molar-refractivity contribution in [2.45, 2.75) is 32.7 Å². The van der Waals surface area contributed by atoms with Crippen molar-refractivity contribution in [1.29, 1.82) is 0 Å². The van der Waals surface area contributed by atoms with Crippen LogP contribution < -0.4 is 10.1 Å². The Labute approximate surface area is 104 Å². The Morgan fingerprint density at radius 2 is 2.12 bits per heavy atom. The molecule has 0 aliphatic carbocycles. The molecule has 3 heteroatoms. The molecule has 1 aromatic rings. The first kappa shape index (κ1) is 14.0. The van der Waals surface area contributed by atoms with Crippen LogP contribution in [0, 0.1) is 6.92 Å². The highest BCUT2D eigenvalue weighted by Crippen LogP contribution is 2.26. The lowest BCUT2D eigenvalue weighted by molar-refractivity contribution is 0.251. The first-order chi connectivity index (χ1) is 8.19. The Morgan fingerprint density at radius 1 is 1.35 bits per heavy atom. The van der Waals surface area contributed by atoms with E-state index in [2.05, 4.69) is 37.4 Å². The Bertz CT molecular complexity index is 339. The molecule has 17 heavy (non-hydrogen) atoms. The molecule has 0 saturated heterocycles. The predicted molar refractivity (Wildman–Crippen MR) is 70.5 cm³/mol. The lowest BCUT2D eigenvalue weighted by atomic mass is 10.1. The van der Waals surface area contributed by atoms with E-state index in [0.29, 0.717) is 6.61 Å². The summed E-state index contributed by atoms with van der Waals surface area (Å²) in [6.07, 6.45) is 1.68. The van der Waals surface area contributed by atoms with E-state index in [4.69, 9.17) is 9.84 Å². The van der Waals surface area contributed by atoms with E-state index in [1.165, 1.54) is 11.1 Å². The molecule has 96 valence electrons. The molecule has 3 nitrogen and oxygen atoms in total. The smallest absolute Gasteiger partial charge is 0.124 e. The maximum absolute atomic E-state index is 8.72. The topological polar surface area (TPSA) is 41.5 Å². The summed E-state index contributed by atoms with van der Waals surface area (Å²) in [6.45, 7) is 5.07. The predicted octanol–water partition coefficient (Wildman–Crippen LogP) is 2.43. The first-order valence-corrected chi connectivity index (χ1v) is 6.20. The van der Waals surface area contributed by atoms with Crippen LogP contribution >= 0.6 is 0 Å². The van der Waals surface area contributed by atoms with Crippen LogP contribution in [0.5, 0.6) is 5.75 Å². The number of aliphatic hydroxyl groups is 1. The van der Waals surface area contributed by atoms with Crippen LogP contribution in [0.3, 0.4) is 0 Å². The summed E-state index contributed by atoms with van der Waals surface area (Å²) in [7, 11) is 1.94. The van der Waals surface area contributed by atoms with E-state index in [1.807, 2.05) is 7.05 Å². The average molecular weight is 237 g/mol. The third-order valence-corrected chi connectivity index (χ3v) is 2.88. The van der Waals surface area contributed by atoms with Gasteiger partial charge >= 0.3 is 0 Å². The number of ether oxygens (including phenoxy) is 1. The van der Waals surface area contributed by atoms with Crippen molar-refractivity contribution in [3.8, 4) is 5.75 Å². The fourth-order valence-electron chi connectivity index (χ4n) is 1.68. The summed E-state index contributed by atoms with van der Waals surface area (Å²) in [5, 5.41) is 11.9. The van der Waals surface area contributed by atoms with Crippen molar-refractivity contribution in [2.75, 3.05) is 20.3 Å².